The molecule has 1 aliphatic carbocycles. The molecule has 2 fully saturated rings. The van der Waals surface area contributed by atoms with E-state index in [-0.39, 0.29) is 23.2 Å². The summed E-state index contributed by atoms with van der Waals surface area (Å²) < 4.78 is 5.57. The maximum atomic E-state index is 12.7. The molecule has 3 rings (SSSR count). The van der Waals surface area contributed by atoms with Gasteiger partial charge in [0, 0.05) is 31.1 Å². The molecule has 2 aliphatic rings. The molecule has 26 heavy (non-hydrogen) atoms. The zero-order valence-electron chi connectivity index (χ0n) is 15.5. The molecule has 1 aliphatic heterocycles. The van der Waals surface area contributed by atoms with E-state index in [1.165, 1.54) is 11.1 Å². The highest BCUT2D eigenvalue weighted by Crippen LogP contribution is 2.36. The van der Waals surface area contributed by atoms with Gasteiger partial charge >= 0.3 is 5.97 Å². The van der Waals surface area contributed by atoms with Crippen molar-refractivity contribution in [3.8, 4) is 0 Å². The van der Waals surface area contributed by atoms with Crippen LogP contribution in [0.4, 0.5) is 0 Å². The lowest BCUT2D eigenvalue weighted by atomic mass is 9.72. The van der Waals surface area contributed by atoms with Crippen molar-refractivity contribution in [2.75, 3.05) is 19.8 Å². The Balaban J connectivity index is 1.69. The number of nitrogens with one attached hydrogen (secondary N) is 1. The Bertz CT molecular complexity index is 651. The maximum Gasteiger partial charge on any atom is 0.306 e. The lowest BCUT2D eigenvalue weighted by Crippen LogP contribution is -2.47. The third kappa shape index (κ3) is 4.09. The Kier molecular flexibility index (Phi) is 5.97. The van der Waals surface area contributed by atoms with Gasteiger partial charge in [0.25, 0.3) is 0 Å². The summed E-state index contributed by atoms with van der Waals surface area (Å²) in [7, 11) is 0. The number of aliphatic carboxylic acids is 1. The summed E-state index contributed by atoms with van der Waals surface area (Å²) in [6, 6.07) is 8.37. The molecule has 5 nitrogen and oxygen atoms in total. The van der Waals surface area contributed by atoms with E-state index < -0.39 is 5.97 Å². The predicted molar refractivity (Wildman–Crippen MR) is 99.0 cm³/mol. The Morgan fingerprint density at radius 1 is 1.19 bits per heavy atom. The summed E-state index contributed by atoms with van der Waals surface area (Å²) in [6.07, 6.45) is 4.52. The highest BCUT2D eigenvalue weighted by atomic mass is 16.5. The number of hydrogen-bond donors (Lipinski definition) is 2. The van der Waals surface area contributed by atoms with Crippen LogP contribution in [0.5, 0.6) is 0 Å². The molecular weight excluding hydrogens is 330 g/mol. The van der Waals surface area contributed by atoms with Crippen molar-refractivity contribution in [2.24, 2.45) is 11.8 Å². The van der Waals surface area contributed by atoms with Crippen LogP contribution in [0, 0.1) is 18.8 Å². The largest absolute Gasteiger partial charge is 0.481 e. The number of carboxylic acid groups (broad SMARTS) is 1. The number of carbonyl (C=O) groups is 2. The number of benzene rings is 1. The van der Waals surface area contributed by atoms with Gasteiger partial charge in [-0.25, -0.2) is 0 Å². The molecule has 1 aromatic rings. The summed E-state index contributed by atoms with van der Waals surface area (Å²) in [6.45, 7) is 4.12. The second kappa shape index (κ2) is 8.21. The van der Waals surface area contributed by atoms with Crippen molar-refractivity contribution in [3.05, 3.63) is 35.4 Å². The SMILES string of the molecule is Cc1ccccc1C1(CNC(=O)C2CCCC(C(=O)O)C2)CCOCC1. The topological polar surface area (TPSA) is 75.6 Å². The van der Waals surface area contributed by atoms with Crippen molar-refractivity contribution in [1.82, 2.24) is 5.32 Å². The Morgan fingerprint density at radius 2 is 1.88 bits per heavy atom. The molecule has 2 N–H and O–H groups in total. The smallest absolute Gasteiger partial charge is 0.306 e. The van der Waals surface area contributed by atoms with Crippen LogP contribution in [0.1, 0.15) is 49.7 Å². The average molecular weight is 359 g/mol. The molecule has 1 heterocycles. The quantitative estimate of drug-likeness (QED) is 0.847. The lowest BCUT2D eigenvalue weighted by molar-refractivity contribution is -0.144. The van der Waals surface area contributed by atoms with Gasteiger partial charge in [0.1, 0.15) is 0 Å². The molecule has 142 valence electrons. The second-order valence-corrected chi connectivity index (χ2v) is 7.82. The number of aryl methyl sites for hydroxylation is 1. The van der Waals surface area contributed by atoms with Crippen LogP contribution < -0.4 is 5.32 Å². The predicted octanol–water partition coefficient (Wildman–Crippen LogP) is 3.05. The average Bonchev–Trinajstić information content (AvgIpc) is 2.67. The molecule has 0 radical (unpaired) electrons. The monoisotopic (exact) mass is 359 g/mol. The lowest BCUT2D eigenvalue weighted by Gasteiger charge is -2.39. The Hall–Kier alpha value is -1.88. The van der Waals surface area contributed by atoms with E-state index in [1.807, 2.05) is 6.07 Å². The zero-order valence-corrected chi connectivity index (χ0v) is 15.5. The molecule has 2 atom stereocenters. The minimum atomic E-state index is -0.775. The van der Waals surface area contributed by atoms with Crippen LogP contribution in [-0.4, -0.2) is 36.7 Å². The van der Waals surface area contributed by atoms with Crippen molar-refractivity contribution >= 4 is 11.9 Å². The molecule has 1 saturated carbocycles. The van der Waals surface area contributed by atoms with Crippen molar-refractivity contribution in [2.45, 2.75) is 50.9 Å². The molecule has 0 bridgehead atoms. The number of carboxylic acids is 1. The van der Waals surface area contributed by atoms with Gasteiger partial charge in [0.15, 0.2) is 0 Å². The fourth-order valence-corrected chi connectivity index (χ4v) is 4.52. The fourth-order valence-electron chi connectivity index (χ4n) is 4.52. The summed E-state index contributed by atoms with van der Waals surface area (Å²) in [5, 5.41) is 12.4. The van der Waals surface area contributed by atoms with Crippen LogP contribution in [-0.2, 0) is 19.7 Å². The van der Waals surface area contributed by atoms with Gasteiger partial charge in [-0.2, -0.15) is 0 Å². The van der Waals surface area contributed by atoms with Crippen LogP contribution in [0.2, 0.25) is 0 Å². The van der Waals surface area contributed by atoms with Crippen molar-refractivity contribution in [1.29, 1.82) is 0 Å². The minimum absolute atomic E-state index is 0.00963. The van der Waals surface area contributed by atoms with Crippen molar-refractivity contribution in [3.63, 3.8) is 0 Å². The summed E-state index contributed by atoms with van der Waals surface area (Å²) in [5.74, 6) is -1.33. The van der Waals surface area contributed by atoms with E-state index in [1.54, 1.807) is 0 Å². The van der Waals surface area contributed by atoms with Gasteiger partial charge in [-0.05, 0) is 50.2 Å². The third-order valence-corrected chi connectivity index (χ3v) is 6.16. The highest BCUT2D eigenvalue weighted by Gasteiger charge is 2.37. The molecule has 2 unspecified atom stereocenters. The van der Waals surface area contributed by atoms with Crippen LogP contribution in [0.25, 0.3) is 0 Å². The molecular formula is C21H29NO4. The maximum absolute atomic E-state index is 12.7. The number of amides is 1. The van der Waals surface area contributed by atoms with Gasteiger partial charge in [-0.15, -0.1) is 0 Å². The van der Waals surface area contributed by atoms with Crippen LogP contribution in [0.3, 0.4) is 0 Å². The van der Waals surface area contributed by atoms with Gasteiger partial charge < -0.3 is 15.2 Å². The van der Waals surface area contributed by atoms with Gasteiger partial charge in [-0.3, -0.25) is 9.59 Å². The number of carbonyl (C=O) groups excluding carboxylic acids is 1. The Labute approximate surface area is 155 Å². The van der Waals surface area contributed by atoms with E-state index in [0.29, 0.717) is 32.6 Å². The van der Waals surface area contributed by atoms with E-state index >= 15 is 0 Å². The fraction of sp³-hybridized carbons (Fsp3) is 0.619. The van der Waals surface area contributed by atoms with E-state index in [4.69, 9.17) is 4.74 Å². The number of ether oxygens (including phenoxy) is 1. The number of hydrogen-bond acceptors (Lipinski definition) is 3. The first-order valence-corrected chi connectivity index (χ1v) is 9.66. The first kappa shape index (κ1) is 18.9. The Morgan fingerprint density at radius 3 is 2.58 bits per heavy atom. The van der Waals surface area contributed by atoms with Gasteiger partial charge in [-0.1, -0.05) is 30.7 Å². The first-order chi connectivity index (χ1) is 12.5. The van der Waals surface area contributed by atoms with Crippen LogP contribution >= 0.6 is 0 Å². The number of rotatable bonds is 5. The molecule has 1 amide bonds. The summed E-state index contributed by atoms with van der Waals surface area (Å²) in [5.41, 5.74) is 2.43. The summed E-state index contributed by atoms with van der Waals surface area (Å²) in [4.78, 5) is 24.0. The minimum Gasteiger partial charge on any atom is -0.481 e. The normalized spacial score (nSPS) is 25.4. The van der Waals surface area contributed by atoms with Gasteiger partial charge in [0.05, 0.1) is 5.92 Å². The summed E-state index contributed by atoms with van der Waals surface area (Å²) >= 11 is 0. The highest BCUT2D eigenvalue weighted by molar-refractivity contribution is 5.80. The molecule has 1 aromatic carbocycles. The third-order valence-electron chi connectivity index (χ3n) is 6.16. The van der Waals surface area contributed by atoms with E-state index in [9.17, 15) is 14.7 Å². The molecule has 5 heteroatoms. The standard InChI is InChI=1S/C21H29NO4/c1-15-5-2-3-8-18(15)21(9-11-26-12-10-21)14-22-19(23)16-6-4-7-17(13-16)20(24)25/h2-3,5,8,16-17H,4,6-7,9-14H2,1H3,(H,22,23)(H,24,25). The van der Waals surface area contributed by atoms with Gasteiger partial charge in [0.2, 0.25) is 5.91 Å². The van der Waals surface area contributed by atoms with Crippen LogP contribution in [0.15, 0.2) is 24.3 Å². The second-order valence-electron chi connectivity index (χ2n) is 7.82. The first-order valence-electron chi connectivity index (χ1n) is 9.66. The molecule has 0 aromatic heterocycles. The molecule has 0 spiro atoms. The zero-order chi connectivity index (χ0) is 18.6. The molecule has 1 saturated heterocycles. The van der Waals surface area contributed by atoms with Crippen molar-refractivity contribution < 1.29 is 19.4 Å². The van der Waals surface area contributed by atoms with E-state index in [2.05, 4.69) is 30.4 Å². The van der Waals surface area contributed by atoms with E-state index in [0.717, 1.165) is 25.7 Å².